The highest BCUT2D eigenvalue weighted by Gasteiger charge is 2.21. The summed E-state index contributed by atoms with van der Waals surface area (Å²) in [5.74, 6) is 0.659. The Balaban J connectivity index is 1.18. The summed E-state index contributed by atoms with van der Waals surface area (Å²) in [6.45, 7) is 5.16. The maximum atomic E-state index is 12.3. The predicted octanol–water partition coefficient (Wildman–Crippen LogP) is 4.82. The normalized spacial score (nSPS) is 14.9. The van der Waals surface area contributed by atoms with E-state index in [0.717, 1.165) is 38.0 Å². The minimum Gasteiger partial charge on any atom is -0.484 e. The van der Waals surface area contributed by atoms with E-state index in [1.807, 2.05) is 42.5 Å². The molecule has 0 saturated carbocycles. The third kappa shape index (κ3) is 6.19. The first-order valence-electron chi connectivity index (χ1n) is 11.0. The molecule has 0 aliphatic carbocycles. The molecule has 4 nitrogen and oxygen atoms in total. The smallest absolute Gasteiger partial charge is 0.258 e. The van der Waals surface area contributed by atoms with E-state index in [1.54, 1.807) is 0 Å². The summed E-state index contributed by atoms with van der Waals surface area (Å²) in [6.07, 6.45) is 1.95. The first-order valence-corrected chi connectivity index (χ1v) is 11.0. The number of likely N-dealkylation sites (tertiary alicyclic amines) is 1. The molecule has 160 valence electrons. The summed E-state index contributed by atoms with van der Waals surface area (Å²) in [6, 6.07) is 27.0. The second-order valence-corrected chi connectivity index (χ2v) is 8.29. The van der Waals surface area contributed by atoms with Crippen LogP contribution in [0, 0.1) is 6.92 Å². The molecule has 0 atom stereocenters. The largest absolute Gasteiger partial charge is 0.484 e. The Kier molecular flexibility index (Phi) is 7.00. The first-order chi connectivity index (χ1) is 15.2. The molecule has 4 rings (SSSR count). The van der Waals surface area contributed by atoms with Gasteiger partial charge in [-0.2, -0.15) is 0 Å². The number of rotatable bonds is 7. The first kappa shape index (κ1) is 21.1. The second kappa shape index (κ2) is 10.3. The molecule has 3 aromatic rings. The number of benzene rings is 3. The quantitative estimate of drug-likeness (QED) is 0.603. The van der Waals surface area contributed by atoms with Crippen molar-refractivity contribution in [2.75, 3.05) is 19.7 Å². The molecule has 31 heavy (non-hydrogen) atoms. The summed E-state index contributed by atoms with van der Waals surface area (Å²) in [5, 5.41) is 3.13. The van der Waals surface area contributed by atoms with Gasteiger partial charge in [0.1, 0.15) is 5.75 Å². The van der Waals surface area contributed by atoms with Gasteiger partial charge in [0, 0.05) is 25.7 Å². The Morgan fingerprint density at radius 3 is 2.35 bits per heavy atom. The maximum Gasteiger partial charge on any atom is 0.258 e. The van der Waals surface area contributed by atoms with Crippen LogP contribution in [0.25, 0.3) is 11.1 Å². The fourth-order valence-electron chi connectivity index (χ4n) is 4.10. The predicted molar refractivity (Wildman–Crippen MR) is 125 cm³/mol. The SMILES string of the molecule is Cc1cccc(CN2CCC(NC(=O)COc3ccc(-c4ccccc4)cc3)CC2)c1. The summed E-state index contributed by atoms with van der Waals surface area (Å²) >= 11 is 0. The molecular formula is C27H30N2O2. The van der Waals surface area contributed by atoms with E-state index in [1.165, 1.54) is 16.7 Å². The van der Waals surface area contributed by atoms with E-state index < -0.39 is 0 Å². The van der Waals surface area contributed by atoms with Gasteiger partial charge in [-0.15, -0.1) is 0 Å². The Morgan fingerprint density at radius 1 is 0.935 bits per heavy atom. The number of carbonyl (C=O) groups is 1. The highest BCUT2D eigenvalue weighted by atomic mass is 16.5. The van der Waals surface area contributed by atoms with Gasteiger partial charge in [-0.3, -0.25) is 9.69 Å². The summed E-state index contributed by atoms with van der Waals surface area (Å²) < 4.78 is 5.69. The highest BCUT2D eigenvalue weighted by Crippen LogP contribution is 2.22. The Labute approximate surface area is 184 Å². The summed E-state index contributed by atoms with van der Waals surface area (Å²) in [5.41, 5.74) is 4.96. The molecule has 1 heterocycles. The van der Waals surface area contributed by atoms with Crippen molar-refractivity contribution < 1.29 is 9.53 Å². The lowest BCUT2D eigenvalue weighted by molar-refractivity contribution is -0.124. The van der Waals surface area contributed by atoms with Gasteiger partial charge < -0.3 is 10.1 Å². The average Bonchev–Trinajstić information content (AvgIpc) is 2.80. The number of nitrogens with zero attached hydrogens (tertiary/aromatic N) is 1. The molecule has 0 bridgehead atoms. The number of nitrogens with one attached hydrogen (secondary N) is 1. The van der Waals surface area contributed by atoms with Crippen LogP contribution in [0.1, 0.15) is 24.0 Å². The van der Waals surface area contributed by atoms with Crippen LogP contribution in [0.4, 0.5) is 0 Å². The zero-order chi connectivity index (χ0) is 21.5. The number of carbonyl (C=O) groups excluding carboxylic acids is 1. The number of ether oxygens (including phenoxy) is 1. The van der Waals surface area contributed by atoms with Gasteiger partial charge >= 0.3 is 0 Å². The number of piperidine rings is 1. The Bertz CT molecular complexity index is 978. The van der Waals surface area contributed by atoms with Crippen LogP contribution in [0.5, 0.6) is 5.75 Å². The molecule has 0 unspecified atom stereocenters. The van der Waals surface area contributed by atoms with Gasteiger partial charge in [0.05, 0.1) is 0 Å². The van der Waals surface area contributed by atoms with Crippen molar-refractivity contribution in [2.45, 2.75) is 32.4 Å². The van der Waals surface area contributed by atoms with Crippen LogP contribution in [0.15, 0.2) is 78.9 Å². The standard InChI is InChI=1S/C27H30N2O2/c1-21-6-5-7-22(18-21)19-29-16-14-25(15-17-29)28-27(30)20-31-26-12-10-24(11-13-26)23-8-3-2-4-9-23/h2-13,18,25H,14-17,19-20H2,1H3,(H,28,30). The fourth-order valence-corrected chi connectivity index (χ4v) is 4.10. The van der Waals surface area contributed by atoms with E-state index in [4.69, 9.17) is 4.74 Å². The molecule has 3 aromatic carbocycles. The van der Waals surface area contributed by atoms with E-state index in [0.29, 0.717) is 5.75 Å². The monoisotopic (exact) mass is 414 g/mol. The molecule has 1 fully saturated rings. The number of aryl methyl sites for hydroxylation is 1. The average molecular weight is 415 g/mol. The van der Waals surface area contributed by atoms with Gasteiger partial charge in [-0.1, -0.05) is 72.3 Å². The molecule has 1 saturated heterocycles. The van der Waals surface area contributed by atoms with E-state index in [9.17, 15) is 4.79 Å². The van der Waals surface area contributed by atoms with Gasteiger partial charge in [-0.25, -0.2) is 0 Å². The van der Waals surface area contributed by atoms with Gasteiger partial charge in [0.25, 0.3) is 5.91 Å². The molecule has 0 radical (unpaired) electrons. The zero-order valence-corrected chi connectivity index (χ0v) is 18.1. The van der Waals surface area contributed by atoms with Crippen molar-refractivity contribution in [3.63, 3.8) is 0 Å². The van der Waals surface area contributed by atoms with Gasteiger partial charge in [0.15, 0.2) is 6.61 Å². The summed E-state index contributed by atoms with van der Waals surface area (Å²) in [7, 11) is 0. The van der Waals surface area contributed by atoms with Gasteiger partial charge in [-0.05, 0) is 48.6 Å². The second-order valence-electron chi connectivity index (χ2n) is 8.29. The summed E-state index contributed by atoms with van der Waals surface area (Å²) in [4.78, 5) is 14.8. The van der Waals surface area contributed by atoms with Crippen molar-refractivity contribution in [3.8, 4) is 16.9 Å². The topological polar surface area (TPSA) is 41.6 Å². The number of hydrogen-bond acceptors (Lipinski definition) is 3. The molecule has 1 aliphatic heterocycles. The molecular weight excluding hydrogens is 384 g/mol. The van der Waals surface area contributed by atoms with Crippen LogP contribution < -0.4 is 10.1 Å². The molecule has 0 aromatic heterocycles. The van der Waals surface area contributed by atoms with E-state index in [2.05, 4.69) is 53.5 Å². The van der Waals surface area contributed by atoms with Crippen molar-refractivity contribution in [1.29, 1.82) is 0 Å². The molecule has 1 aliphatic rings. The molecule has 4 heteroatoms. The van der Waals surface area contributed by atoms with E-state index in [-0.39, 0.29) is 18.6 Å². The van der Waals surface area contributed by atoms with Crippen LogP contribution in [0.2, 0.25) is 0 Å². The van der Waals surface area contributed by atoms with Crippen molar-refractivity contribution in [2.24, 2.45) is 0 Å². The Hall–Kier alpha value is -3.11. The molecule has 1 N–H and O–H groups in total. The lowest BCUT2D eigenvalue weighted by Gasteiger charge is -2.32. The minimum atomic E-state index is -0.0516. The number of hydrogen-bond donors (Lipinski definition) is 1. The highest BCUT2D eigenvalue weighted by molar-refractivity contribution is 5.77. The van der Waals surface area contributed by atoms with Crippen molar-refractivity contribution in [1.82, 2.24) is 10.2 Å². The Morgan fingerprint density at radius 2 is 1.65 bits per heavy atom. The lowest BCUT2D eigenvalue weighted by Crippen LogP contribution is -2.45. The lowest BCUT2D eigenvalue weighted by atomic mass is 10.0. The molecule has 0 spiro atoms. The third-order valence-corrected chi connectivity index (χ3v) is 5.77. The maximum absolute atomic E-state index is 12.3. The minimum absolute atomic E-state index is 0.0498. The van der Waals surface area contributed by atoms with Crippen LogP contribution >= 0.6 is 0 Å². The fraction of sp³-hybridized carbons (Fsp3) is 0.296. The van der Waals surface area contributed by atoms with Crippen molar-refractivity contribution in [3.05, 3.63) is 90.0 Å². The van der Waals surface area contributed by atoms with Crippen LogP contribution in [0.3, 0.4) is 0 Å². The third-order valence-electron chi connectivity index (χ3n) is 5.77. The molecule has 1 amide bonds. The van der Waals surface area contributed by atoms with E-state index >= 15 is 0 Å². The van der Waals surface area contributed by atoms with Crippen LogP contribution in [-0.2, 0) is 11.3 Å². The zero-order valence-electron chi connectivity index (χ0n) is 18.1. The van der Waals surface area contributed by atoms with Crippen LogP contribution in [-0.4, -0.2) is 36.5 Å². The van der Waals surface area contributed by atoms with Gasteiger partial charge in [0.2, 0.25) is 0 Å². The number of amides is 1. The van der Waals surface area contributed by atoms with Crippen molar-refractivity contribution >= 4 is 5.91 Å².